The average molecular weight is 365 g/mol. The van der Waals surface area contributed by atoms with E-state index < -0.39 is 17.8 Å². The molecule has 0 aliphatic heterocycles. The Morgan fingerprint density at radius 2 is 1.65 bits per heavy atom. The number of benzene rings is 1. The zero-order chi connectivity index (χ0) is 19.7. The minimum Gasteiger partial charge on any atom is -0.478 e. The summed E-state index contributed by atoms with van der Waals surface area (Å²) in [4.78, 5) is 36.9. The van der Waals surface area contributed by atoms with Gasteiger partial charge in [-0.2, -0.15) is 4.98 Å². The fourth-order valence-corrected chi connectivity index (χ4v) is 1.55. The van der Waals surface area contributed by atoms with Crippen molar-refractivity contribution in [3.63, 3.8) is 0 Å². The molecule has 0 spiro atoms. The predicted octanol–water partition coefficient (Wildman–Crippen LogP) is 1.21. The Morgan fingerprint density at radius 3 is 2.12 bits per heavy atom. The van der Waals surface area contributed by atoms with E-state index in [1.165, 1.54) is 24.3 Å². The van der Waals surface area contributed by atoms with Gasteiger partial charge in [-0.3, -0.25) is 4.79 Å². The van der Waals surface area contributed by atoms with Crippen molar-refractivity contribution in [2.75, 3.05) is 14.1 Å². The zero-order valence-corrected chi connectivity index (χ0v) is 13.9. The van der Waals surface area contributed by atoms with Crippen LogP contribution >= 0.6 is 0 Å². The molecule has 138 valence electrons. The lowest BCUT2D eigenvalue weighted by Crippen LogP contribution is -2.11. The van der Waals surface area contributed by atoms with Gasteiger partial charge in [-0.1, -0.05) is 5.16 Å². The maximum Gasteiger partial charge on any atom is 0.328 e. The fraction of sp³-hybridized carbons (Fsp3) is 0.188. The third-order valence-electron chi connectivity index (χ3n) is 2.60. The summed E-state index contributed by atoms with van der Waals surface area (Å²) < 4.78 is 17.7. The summed E-state index contributed by atoms with van der Waals surface area (Å²) in [6.07, 6.45) is 1.12. The molecule has 0 aliphatic rings. The first-order valence-electron chi connectivity index (χ1n) is 7.10. The minimum absolute atomic E-state index is 0.0153. The van der Waals surface area contributed by atoms with Crippen LogP contribution < -0.4 is 0 Å². The van der Waals surface area contributed by atoms with Gasteiger partial charge in [0.25, 0.3) is 0 Å². The van der Waals surface area contributed by atoms with Crippen LogP contribution in [-0.4, -0.2) is 57.1 Å². The van der Waals surface area contributed by atoms with Crippen LogP contribution in [0, 0.1) is 5.82 Å². The summed E-state index contributed by atoms with van der Waals surface area (Å²) in [6, 6.07) is 5.21. The third-order valence-corrected chi connectivity index (χ3v) is 2.60. The van der Waals surface area contributed by atoms with Gasteiger partial charge in [0.2, 0.25) is 17.5 Å². The summed E-state index contributed by atoms with van der Waals surface area (Å²) in [6.45, 7) is 0.462. The van der Waals surface area contributed by atoms with Crippen LogP contribution in [0.4, 0.5) is 4.39 Å². The zero-order valence-electron chi connectivity index (χ0n) is 13.9. The molecule has 0 saturated heterocycles. The van der Waals surface area contributed by atoms with Crippen LogP contribution in [0.5, 0.6) is 0 Å². The molecule has 0 fully saturated rings. The minimum atomic E-state index is -1.26. The first kappa shape index (κ1) is 20.6. The number of rotatable bonds is 6. The Balaban J connectivity index is 0.000000359. The van der Waals surface area contributed by atoms with E-state index in [1.807, 2.05) is 19.0 Å². The SMILES string of the molecule is CN(C)Cc1nc(C(=O)c2ccc(F)cc2)no1.O=C(O)/C=C\C(=O)O. The molecule has 1 aromatic carbocycles. The number of ketones is 1. The Labute approximate surface area is 147 Å². The molecule has 9 nitrogen and oxygen atoms in total. The monoisotopic (exact) mass is 365 g/mol. The van der Waals surface area contributed by atoms with Gasteiger partial charge in [-0.15, -0.1) is 0 Å². The Hall–Kier alpha value is -3.40. The molecule has 0 aliphatic carbocycles. The second kappa shape index (κ2) is 9.79. The fourth-order valence-electron chi connectivity index (χ4n) is 1.55. The topological polar surface area (TPSA) is 134 Å². The van der Waals surface area contributed by atoms with Crippen molar-refractivity contribution >= 4 is 17.7 Å². The van der Waals surface area contributed by atoms with E-state index in [-0.39, 0.29) is 11.6 Å². The van der Waals surface area contributed by atoms with Crippen LogP contribution in [0.1, 0.15) is 22.1 Å². The molecule has 0 bridgehead atoms. The van der Waals surface area contributed by atoms with Crippen molar-refractivity contribution in [1.82, 2.24) is 15.0 Å². The van der Waals surface area contributed by atoms with E-state index in [0.29, 0.717) is 30.2 Å². The van der Waals surface area contributed by atoms with Crippen molar-refractivity contribution in [2.45, 2.75) is 6.54 Å². The third kappa shape index (κ3) is 7.45. The molecule has 0 unspecified atom stereocenters. The summed E-state index contributed by atoms with van der Waals surface area (Å²) in [7, 11) is 3.71. The van der Waals surface area contributed by atoms with Crippen LogP contribution in [0.3, 0.4) is 0 Å². The van der Waals surface area contributed by atoms with Gasteiger partial charge in [-0.05, 0) is 38.4 Å². The van der Waals surface area contributed by atoms with E-state index >= 15 is 0 Å². The number of hydrogen-bond donors (Lipinski definition) is 2. The van der Waals surface area contributed by atoms with Gasteiger partial charge in [0.05, 0.1) is 6.54 Å². The van der Waals surface area contributed by atoms with Gasteiger partial charge in [0.15, 0.2) is 0 Å². The summed E-state index contributed by atoms with van der Waals surface area (Å²) in [5.74, 6) is -2.94. The molecule has 0 amide bonds. The van der Waals surface area contributed by atoms with Crippen LogP contribution in [0.2, 0.25) is 0 Å². The molecule has 26 heavy (non-hydrogen) atoms. The van der Waals surface area contributed by atoms with Crippen molar-refractivity contribution in [1.29, 1.82) is 0 Å². The number of carboxylic acids is 2. The van der Waals surface area contributed by atoms with Crippen molar-refractivity contribution in [3.8, 4) is 0 Å². The number of hydrogen-bond acceptors (Lipinski definition) is 7. The number of carboxylic acid groups (broad SMARTS) is 2. The molecule has 0 saturated carbocycles. The molecule has 2 N–H and O–H groups in total. The predicted molar refractivity (Wildman–Crippen MR) is 85.9 cm³/mol. The van der Waals surface area contributed by atoms with Gasteiger partial charge in [0, 0.05) is 17.7 Å². The maximum atomic E-state index is 12.7. The molecule has 1 aromatic heterocycles. The number of aliphatic carboxylic acids is 2. The molecule has 0 atom stereocenters. The molecule has 10 heteroatoms. The lowest BCUT2D eigenvalue weighted by molar-refractivity contribution is -0.134. The quantitative estimate of drug-likeness (QED) is 0.572. The largest absolute Gasteiger partial charge is 0.478 e. The average Bonchev–Trinajstić information content (AvgIpc) is 3.01. The van der Waals surface area contributed by atoms with Crippen LogP contribution in [0.25, 0.3) is 0 Å². The molecular weight excluding hydrogens is 349 g/mol. The van der Waals surface area contributed by atoms with E-state index in [1.54, 1.807) is 0 Å². The number of nitrogens with zero attached hydrogens (tertiary/aromatic N) is 3. The van der Waals surface area contributed by atoms with Crippen LogP contribution in [0.15, 0.2) is 40.9 Å². The Bertz CT molecular complexity index is 783. The molecule has 2 rings (SSSR count). The van der Waals surface area contributed by atoms with E-state index in [0.717, 1.165) is 0 Å². The van der Waals surface area contributed by atoms with Crippen molar-refractivity contribution in [2.24, 2.45) is 0 Å². The van der Waals surface area contributed by atoms with Crippen LogP contribution in [-0.2, 0) is 16.1 Å². The highest BCUT2D eigenvalue weighted by molar-refractivity contribution is 6.06. The van der Waals surface area contributed by atoms with E-state index in [4.69, 9.17) is 14.7 Å². The molecular formula is C16H16FN3O6. The molecule has 1 heterocycles. The Morgan fingerprint density at radius 1 is 1.12 bits per heavy atom. The highest BCUT2D eigenvalue weighted by Crippen LogP contribution is 2.09. The first-order valence-corrected chi connectivity index (χ1v) is 7.10. The molecule has 0 radical (unpaired) electrons. The Kier molecular flexibility index (Phi) is 7.77. The van der Waals surface area contributed by atoms with E-state index in [9.17, 15) is 18.8 Å². The summed E-state index contributed by atoms with van der Waals surface area (Å²) in [5.41, 5.74) is 0.327. The van der Waals surface area contributed by atoms with Crippen molar-refractivity contribution < 1.29 is 33.5 Å². The maximum absolute atomic E-state index is 12.7. The second-order valence-corrected chi connectivity index (χ2v) is 5.10. The number of aromatic nitrogens is 2. The van der Waals surface area contributed by atoms with Gasteiger partial charge < -0.3 is 19.6 Å². The van der Waals surface area contributed by atoms with Gasteiger partial charge in [-0.25, -0.2) is 14.0 Å². The number of halogens is 1. The van der Waals surface area contributed by atoms with E-state index in [2.05, 4.69) is 10.1 Å². The van der Waals surface area contributed by atoms with Gasteiger partial charge in [0.1, 0.15) is 5.82 Å². The highest BCUT2D eigenvalue weighted by Gasteiger charge is 2.16. The van der Waals surface area contributed by atoms with Crippen molar-refractivity contribution in [3.05, 3.63) is 59.5 Å². The summed E-state index contributed by atoms with van der Waals surface area (Å²) in [5, 5.41) is 19.2. The number of carbonyl (C=O) groups is 3. The smallest absolute Gasteiger partial charge is 0.328 e. The summed E-state index contributed by atoms with van der Waals surface area (Å²) >= 11 is 0. The van der Waals surface area contributed by atoms with Gasteiger partial charge >= 0.3 is 11.9 Å². The molecule has 2 aromatic rings. The normalized spacial score (nSPS) is 10.5. The lowest BCUT2D eigenvalue weighted by atomic mass is 10.1. The second-order valence-electron chi connectivity index (χ2n) is 5.10. The standard InChI is InChI=1S/C12H12FN3O2.C4H4O4/c1-16(2)7-10-14-12(15-18-10)11(17)8-3-5-9(13)6-4-8;5-3(6)1-2-4(7)8/h3-6H,7H2,1-2H3;1-2H,(H,5,6)(H,7,8)/b;2-1-. The highest BCUT2D eigenvalue weighted by atomic mass is 19.1. The first-order chi connectivity index (χ1) is 12.2. The lowest BCUT2D eigenvalue weighted by Gasteiger charge is -2.02. The number of carbonyl (C=O) groups excluding carboxylic acids is 1.